The summed E-state index contributed by atoms with van der Waals surface area (Å²) in [5.74, 6) is 0.507. The minimum atomic E-state index is -0.454. The van der Waals surface area contributed by atoms with E-state index < -0.39 is 5.60 Å². The molecule has 4 heteroatoms. The van der Waals surface area contributed by atoms with Crippen LogP contribution in [0.25, 0.3) is 0 Å². The predicted molar refractivity (Wildman–Crippen MR) is 74.0 cm³/mol. The Balaban J connectivity index is 1.96. The van der Waals surface area contributed by atoms with E-state index in [1.807, 2.05) is 18.7 Å². The zero-order chi connectivity index (χ0) is 12.7. The summed E-state index contributed by atoms with van der Waals surface area (Å²) in [6, 6.07) is 0. The van der Waals surface area contributed by atoms with Crippen molar-refractivity contribution in [2.45, 2.75) is 64.4 Å². The highest BCUT2D eigenvalue weighted by Gasteiger charge is 2.43. The van der Waals surface area contributed by atoms with Gasteiger partial charge in [0.15, 0.2) is 0 Å². The van der Waals surface area contributed by atoms with Crippen molar-refractivity contribution in [2.24, 2.45) is 16.4 Å². The molecule has 0 radical (unpaired) electrons. The average Bonchev–Trinajstić information content (AvgIpc) is 2.73. The smallest absolute Gasteiger partial charge is 0.100 e. The van der Waals surface area contributed by atoms with Crippen LogP contribution in [0.2, 0.25) is 0 Å². The van der Waals surface area contributed by atoms with Gasteiger partial charge in [0.05, 0.1) is 10.6 Å². The molecule has 98 valence electrons. The maximum atomic E-state index is 10.0. The zero-order valence-corrected chi connectivity index (χ0v) is 12.1. The Morgan fingerprint density at radius 2 is 1.88 bits per heavy atom. The van der Waals surface area contributed by atoms with Crippen molar-refractivity contribution in [3.8, 4) is 0 Å². The van der Waals surface area contributed by atoms with Crippen LogP contribution in [0.15, 0.2) is 5.10 Å². The summed E-state index contributed by atoms with van der Waals surface area (Å²) < 4.78 is 0. The van der Waals surface area contributed by atoms with Crippen LogP contribution in [0.1, 0.15) is 53.4 Å². The van der Waals surface area contributed by atoms with Crippen LogP contribution in [0.3, 0.4) is 0 Å². The first-order valence-electron chi connectivity index (χ1n) is 6.55. The third-order valence-corrected chi connectivity index (χ3v) is 5.84. The molecule has 0 aromatic carbocycles. The van der Waals surface area contributed by atoms with Gasteiger partial charge < -0.3 is 5.11 Å². The molecule has 1 heterocycles. The van der Waals surface area contributed by atoms with Crippen molar-refractivity contribution < 1.29 is 5.11 Å². The summed E-state index contributed by atoms with van der Waals surface area (Å²) in [7, 11) is 0. The van der Waals surface area contributed by atoms with E-state index in [-0.39, 0.29) is 5.41 Å². The molecule has 2 aliphatic rings. The van der Waals surface area contributed by atoms with Gasteiger partial charge in [0.25, 0.3) is 0 Å². The van der Waals surface area contributed by atoms with Gasteiger partial charge in [-0.3, -0.25) is 5.43 Å². The summed E-state index contributed by atoms with van der Waals surface area (Å²) in [6.45, 7) is 8.65. The second-order valence-corrected chi connectivity index (χ2v) is 7.51. The first kappa shape index (κ1) is 13.2. The fourth-order valence-electron chi connectivity index (χ4n) is 2.48. The highest BCUT2D eigenvalue weighted by Crippen LogP contribution is 2.47. The van der Waals surface area contributed by atoms with Crippen molar-refractivity contribution in [1.29, 1.82) is 0 Å². The van der Waals surface area contributed by atoms with Crippen LogP contribution in [0.4, 0.5) is 0 Å². The molecule has 1 atom stereocenters. The Bertz CT molecular complexity index is 315. The normalized spacial score (nSPS) is 42.5. The Morgan fingerprint density at radius 1 is 1.29 bits per heavy atom. The third kappa shape index (κ3) is 2.79. The molecule has 3 nitrogen and oxygen atoms in total. The van der Waals surface area contributed by atoms with Crippen LogP contribution in [-0.4, -0.2) is 21.1 Å². The zero-order valence-electron chi connectivity index (χ0n) is 11.3. The molecule has 0 spiro atoms. The van der Waals surface area contributed by atoms with Crippen molar-refractivity contribution in [2.75, 3.05) is 0 Å². The summed E-state index contributed by atoms with van der Waals surface area (Å²) in [5, 5.41) is 16.1. The molecule has 17 heavy (non-hydrogen) atoms. The van der Waals surface area contributed by atoms with Crippen molar-refractivity contribution in [1.82, 2.24) is 5.43 Å². The second-order valence-electron chi connectivity index (χ2n) is 6.38. The van der Waals surface area contributed by atoms with Crippen LogP contribution < -0.4 is 5.43 Å². The summed E-state index contributed by atoms with van der Waals surface area (Å²) in [5.41, 5.74) is 3.10. The number of thioether (sulfide) groups is 1. The minimum Gasteiger partial charge on any atom is -0.390 e. The van der Waals surface area contributed by atoms with Gasteiger partial charge in [-0.1, -0.05) is 32.5 Å². The van der Waals surface area contributed by atoms with E-state index in [2.05, 4.69) is 31.3 Å². The van der Waals surface area contributed by atoms with Gasteiger partial charge in [0, 0.05) is 5.92 Å². The van der Waals surface area contributed by atoms with Crippen LogP contribution in [-0.2, 0) is 0 Å². The number of nitrogens with zero attached hydrogens (tertiary/aromatic N) is 1. The van der Waals surface area contributed by atoms with Crippen LogP contribution in [0.5, 0.6) is 0 Å². The Kier molecular flexibility index (Phi) is 3.47. The van der Waals surface area contributed by atoms with Gasteiger partial charge in [-0.05, 0) is 38.0 Å². The first-order chi connectivity index (χ1) is 7.82. The van der Waals surface area contributed by atoms with E-state index in [1.54, 1.807) is 0 Å². The Labute approximate surface area is 108 Å². The fraction of sp³-hybridized carbons (Fsp3) is 0.923. The summed E-state index contributed by atoms with van der Waals surface area (Å²) >= 11 is 1.88. The van der Waals surface area contributed by atoms with Gasteiger partial charge in [-0.25, -0.2) is 0 Å². The molecule has 0 amide bonds. The monoisotopic (exact) mass is 256 g/mol. The van der Waals surface area contributed by atoms with Gasteiger partial charge in [0.2, 0.25) is 0 Å². The van der Waals surface area contributed by atoms with E-state index in [9.17, 15) is 5.11 Å². The molecule has 0 bridgehead atoms. The maximum absolute atomic E-state index is 10.0. The number of hydrogen-bond donors (Lipinski definition) is 2. The molecule has 2 N–H and O–H groups in total. The van der Waals surface area contributed by atoms with Gasteiger partial charge in [-0.15, -0.1) is 0 Å². The lowest BCUT2D eigenvalue weighted by Crippen LogP contribution is -2.44. The minimum absolute atomic E-state index is 0.257. The topological polar surface area (TPSA) is 44.6 Å². The standard InChI is InChI=1S/C13H24N2OS/c1-9(2)10-14-15-11(17-10)12(3)5-7-13(4,16)8-6-12/h9,11,15-16H,5-8H2,1-4H3. The Morgan fingerprint density at radius 3 is 2.35 bits per heavy atom. The van der Waals surface area contributed by atoms with E-state index in [0.717, 1.165) is 25.7 Å². The lowest BCUT2D eigenvalue weighted by atomic mass is 9.70. The van der Waals surface area contributed by atoms with Crippen LogP contribution in [0, 0.1) is 11.3 Å². The molecule has 0 aromatic heterocycles. The molecule has 0 aromatic rings. The predicted octanol–water partition coefficient (Wildman–Crippen LogP) is 2.95. The molecule has 2 rings (SSSR count). The highest BCUT2D eigenvalue weighted by molar-refractivity contribution is 8.14. The van der Waals surface area contributed by atoms with Gasteiger partial charge in [0.1, 0.15) is 5.37 Å². The molecular weight excluding hydrogens is 232 g/mol. The molecule has 1 saturated carbocycles. The van der Waals surface area contributed by atoms with Crippen LogP contribution >= 0.6 is 11.8 Å². The van der Waals surface area contributed by atoms with E-state index in [1.165, 1.54) is 5.04 Å². The largest absolute Gasteiger partial charge is 0.390 e. The summed E-state index contributed by atoms with van der Waals surface area (Å²) in [6.07, 6.45) is 3.95. The van der Waals surface area contributed by atoms with Crippen molar-refractivity contribution in [3.05, 3.63) is 0 Å². The van der Waals surface area contributed by atoms with Gasteiger partial charge in [-0.2, -0.15) is 5.10 Å². The first-order valence-corrected chi connectivity index (χ1v) is 7.43. The second kappa shape index (κ2) is 4.47. The van der Waals surface area contributed by atoms with Crippen molar-refractivity contribution >= 4 is 16.8 Å². The van der Waals surface area contributed by atoms with E-state index in [0.29, 0.717) is 11.3 Å². The number of hydrazone groups is 1. The average molecular weight is 256 g/mol. The molecular formula is C13H24N2OS. The molecule has 0 saturated heterocycles. The van der Waals surface area contributed by atoms with Crippen molar-refractivity contribution in [3.63, 3.8) is 0 Å². The van der Waals surface area contributed by atoms with Gasteiger partial charge >= 0.3 is 0 Å². The van der Waals surface area contributed by atoms with E-state index >= 15 is 0 Å². The highest BCUT2D eigenvalue weighted by atomic mass is 32.2. The molecule has 1 unspecified atom stereocenters. The lowest BCUT2D eigenvalue weighted by molar-refractivity contribution is -0.0167. The quantitative estimate of drug-likeness (QED) is 0.798. The number of nitrogens with one attached hydrogen (secondary N) is 1. The lowest BCUT2D eigenvalue weighted by Gasteiger charge is -2.43. The SMILES string of the molecule is CC(C)C1=NNC(C2(C)CCC(C)(O)CC2)S1. The fourth-order valence-corrected chi connectivity index (χ4v) is 3.73. The molecule has 1 aliphatic heterocycles. The maximum Gasteiger partial charge on any atom is 0.100 e. The molecule has 1 aliphatic carbocycles. The number of rotatable bonds is 2. The summed E-state index contributed by atoms with van der Waals surface area (Å²) in [4.78, 5) is 0. The number of hydrogen-bond acceptors (Lipinski definition) is 4. The Hall–Kier alpha value is -0.220. The van der Waals surface area contributed by atoms with E-state index in [4.69, 9.17) is 0 Å². The molecule has 1 fully saturated rings. The third-order valence-electron chi connectivity index (χ3n) is 4.13. The number of aliphatic hydroxyl groups is 1.